The van der Waals surface area contributed by atoms with Crippen LogP contribution >= 0.6 is 0 Å². The monoisotopic (exact) mass is 235 g/mol. The summed E-state index contributed by atoms with van der Waals surface area (Å²) in [5.74, 6) is -4.63. The summed E-state index contributed by atoms with van der Waals surface area (Å²) < 4.78 is 25.8. The van der Waals surface area contributed by atoms with E-state index in [1.165, 1.54) is 0 Å². The van der Waals surface area contributed by atoms with Gasteiger partial charge in [0.05, 0.1) is 6.54 Å². The molecule has 0 saturated carbocycles. The zero-order valence-corrected chi connectivity index (χ0v) is 9.30. The first-order chi connectivity index (χ1) is 7.17. The molecular formula is C10H15F2NO3. The largest absolute Gasteiger partial charge is 0.390 e. The third kappa shape index (κ3) is 2.98. The van der Waals surface area contributed by atoms with E-state index in [2.05, 4.69) is 0 Å². The van der Waals surface area contributed by atoms with Crippen LogP contribution < -0.4 is 0 Å². The van der Waals surface area contributed by atoms with Crippen LogP contribution in [-0.2, 0) is 9.59 Å². The maximum atomic E-state index is 12.9. The highest BCUT2D eigenvalue weighted by atomic mass is 19.3. The van der Waals surface area contributed by atoms with Crippen LogP contribution in [0.15, 0.2) is 0 Å². The Hall–Kier alpha value is -1.04. The number of imide groups is 1. The Morgan fingerprint density at radius 3 is 2.12 bits per heavy atom. The van der Waals surface area contributed by atoms with Gasteiger partial charge in [-0.3, -0.25) is 14.5 Å². The average Bonchev–Trinajstić information content (AvgIpc) is 2.10. The minimum absolute atomic E-state index is 0.0697. The Morgan fingerprint density at radius 1 is 1.31 bits per heavy atom. The summed E-state index contributed by atoms with van der Waals surface area (Å²) in [6, 6.07) is 0. The second kappa shape index (κ2) is 4.08. The summed E-state index contributed by atoms with van der Waals surface area (Å²) in [7, 11) is 0. The van der Waals surface area contributed by atoms with E-state index in [9.17, 15) is 18.4 Å². The number of alkyl halides is 2. The summed E-state index contributed by atoms with van der Waals surface area (Å²) in [6.07, 6.45) is 0.139. The normalized spacial score (nSPS) is 21.4. The van der Waals surface area contributed by atoms with E-state index in [-0.39, 0.29) is 12.8 Å². The van der Waals surface area contributed by atoms with Crippen LogP contribution in [0.4, 0.5) is 8.78 Å². The predicted octanol–water partition coefficient (Wildman–Crippen LogP) is 0.789. The van der Waals surface area contributed by atoms with E-state index in [1.54, 1.807) is 13.8 Å². The van der Waals surface area contributed by atoms with Crippen LogP contribution in [0.25, 0.3) is 0 Å². The molecule has 92 valence electrons. The van der Waals surface area contributed by atoms with Crippen molar-refractivity contribution < 1.29 is 23.5 Å². The van der Waals surface area contributed by atoms with Crippen molar-refractivity contribution in [3.63, 3.8) is 0 Å². The first-order valence-corrected chi connectivity index (χ1v) is 4.99. The highest BCUT2D eigenvalue weighted by molar-refractivity contribution is 5.98. The van der Waals surface area contributed by atoms with E-state index < -0.39 is 36.3 Å². The number of carbonyl (C=O) groups is 2. The van der Waals surface area contributed by atoms with Gasteiger partial charge in [0, 0.05) is 12.8 Å². The Balaban J connectivity index is 2.76. The lowest BCUT2D eigenvalue weighted by Gasteiger charge is -2.35. The maximum absolute atomic E-state index is 12.9. The summed E-state index contributed by atoms with van der Waals surface area (Å²) in [6.45, 7) is 1.08. The van der Waals surface area contributed by atoms with Gasteiger partial charge in [-0.15, -0.1) is 0 Å². The fourth-order valence-corrected chi connectivity index (χ4v) is 1.67. The number of halogens is 2. The van der Waals surface area contributed by atoms with Crippen molar-refractivity contribution in [2.75, 3.05) is 13.2 Å². The third-order valence-corrected chi connectivity index (χ3v) is 2.48. The SMILES string of the molecule is CC1(C)CC(=O)N(CC(F)(F)CO)C(=O)C1. The van der Waals surface area contributed by atoms with Crippen molar-refractivity contribution in [1.82, 2.24) is 4.90 Å². The van der Waals surface area contributed by atoms with Crippen molar-refractivity contribution in [3.8, 4) is 0 Å². The van der Waals surface area contributed by atoms with Gasteiger partial charge in [-0.2, -0.15) is 0 Å². The molecule has 0 bridgehead atoms. The highest BCUT2D eigenvalue weighted by Crippen LogP contribution is 2.32. The van der Waals surface area contributed by atoms with Crippen LogP contribution in [0.1, 0.15) is 26.7 Å². The standard InChI is InChI=1S/C10H15F2NO3/c1-9(2)3-7(15)13(8(16)4-9)5-10(11,12)6-14/h14H,3-6H2,1-2H3. The molecule has 0 unspecified atom stereocenters. The van der Waals surface area contributed by atoms with Crippen LogP contribution in [0.5, 0.6) is 0 Å². The van der Waals surface area contributed by atoms with Gasteiger partial charge in [-0.25, -0.2) is 8.78 Å². The zero-order chi connectivity index (χ0) is 12.6. The number of likely N-dealkylation sites (tertiary alicyclic amines) is 1. The molecule has 1 aliphatic heterocycles. The second-order valence-electron chi connectivity index (χ2n) is 4.91. The van der Waals surface area contributed by atoms with E-state index >= 15 is 0 Å². The number of aliphatic hydroxyl groups excluding tert-OH is 1. The number of aliphatic hydroxyl groups is 1. The van der Waals surface area contributed by atoms with Gasteiger partial charge in [0.1, 0.15) is 6.61 Å². The molecule has 1 rings (SSSR count). The molecule has 0 aliphatic carbocycles. The maximum Gasteiger partial charge on any atom is 0.288 e. The number of rotatable bonds is 3. The number of hydrogen-bond acceptors (Lipinski definition) is 3. The minimum atomic E-state index is -3.42. The molecule has 0 radical (unpaired) electrons. The number of hydrogen-bond donors (Lipinski definition) is 1. The first kappa shape index (κ1) is 13.0. The number of piperidine rings is 1. The van der Waals surface area contributed by atoms with Crippen molar-refractivity contribution in [1.29, 1.82) is 0 Å². The molecule has 0 atom stereocenters. The summed E-state index contributed by atoms with van der Waals surface area (Å²) in [5, 5.41) is 8.40. The molecule has 16 heavy (non-hydrogen) atoms. The lowest BCUT2D eigenvalue weighted by molar-refractivity contribution is -0.160. The number of carbonyl (C=O) groups excluding carboxylic acids is 2. The Morgan fingerprint density at radius 2 is 1.75 bits per heavy atom. The molecule has 1 saturated heterocycles. The fraction of sp³-hybridized carbons (Fsp3) is 0.800. The zero-order valence-electron chi connectivity index (χ0n) is 9.30. The molecular weight excluding hydrogens is 220 g/mol. The van der Waals surface area contributed by atoms with Gasteiger partial charge in [-0.1, -0.05) is 13.8 Å². The third-order valence-electron chi connectivity index (χ3n) is 2.48. The van der Waals surface area contributed by atoms with E-state index in [4.69, 9.17) is 5.11 Å². The van der Waals surface area contributed by atoms with Crippen LogP contribution in [0, 0.1) is 5.41 Å². The topological polar surface area (TPSA) is 57.6 Å². The molecule has 1 heterocycles. The molecule has 4 nitrogen and oxygen atoms in total. The Labute approximate surface area is 92.2 Å². The minimum Gasteiger partial charge on any atom is -0.390 e. The van der Waals surface area contributed by atoms with Crippen LogP contribution in [0.3, 0.4) is 0 Å². The average molecular weight is 235 g/mol. The Bertz CT molecular complexity index is 295. The van der Waals surface area contributed by atoms with Crippen molar-refractivity contribution in [2.24, 2.45) is 5.41 Å². The molecule has 2 amide bonds. The summed E-state index contributed by atoms with van der Waals surface area (Å²) in [5.41, 5.74) is -0.473. The van der Waals surface area contributed by atoms with Gasteiger partial charge >= 0.3 is 0 Å². The fourth-order valence-electron chi connectivity index (χ4n) is 1.67. The molecule has 0 aromatic heterocycles. The molecule has 1 N–H and O–H groups in total. The molecule has 0 aromatic carbocycles. The van der Waals surface area contributed by atoms with Crippen LogP contribution in [-0.4, -0.2) is 40.9 Å². The van der Waals surface area contributed by atoms with Crippen molar-refractivity contribution in [3.05, 3.63) is 0 Å². The van der Waals surface area contributed by atoms with E-state index in [0.717, 1.165) is 0 Å². The van der Waals surface area contributed by atoms with Gasteiger partial charge < -0.3 is 5.11 Å². The number of nitrogens with zero attached hydrogens (tertiary/aromatic N) is 1. The lowest BCUT2D eigenvalue weighted by atomic mass is 9.81. The van der Waals surface area contributed by atoms with Crippen molar-refractivity contribution in [2.45, 2.75) is 32.6 Å². The van der Waals surface area contributed by atoms with E-state index in [1.807, 2.05) is 0 Å². The summed E-state index contributed by atoms with van der Waals surface area (Å²) >= 11 is 0. The van der Waals surface area contributed by atoms with Gasteiger partial charge in [0.15, 0.2) is 0 Å². The molecule has 6 heteroatoms. The smallest absolute Gasteiger partial charge is 0.288 e. The van der Waals surface area contributed by atoms with E-state index in [0.29, 0.717) is 4.90 Å². The van der Waals surface area contributed by atoms with Crippen LogP contribution in [0.2, 0.25) is 0 Å². The van der Waals surface area contributed by atoms with Gasteiger partial charge in [0.25, 0.3) is 5.92 Å². The Kier molecular flexibility index (Phi) is 3.33. The molecule has 1 fully saturated rings. The van der Waals surface area contributed by atoms with Crippen molar-refractivity contribution >= 4 is 11.8 Å². The summed E-state index contributed by atoms with van der Waals surface area (Å²) in [4.78, 5) is 23.6. The predicted molar refractivity (Wildman–Crippen MR) is 51.8 cm³/mol. The lowest BCUT2D eigenvalue weighted by Crippen LogP contribution is -2.51. The first-order valence-electron chi connectivity index (χ1n) is 4.99. The van der Waals surface area contributed by atoms with Gasteiger partial charge in [-0.05, 0) is 5.41 Å². The number of amides is 2. The molecule has 0 aromatic rings. The van der Waals surface area contributed by atoms with Gasteiger partial charge in [0.2, 0.25) is 11.8 Å². The molecule has 0 spiro atoms. The highest BCUT2D eigenvalue weighted by Gasteiger charge is 2.42. The molecule has 1 aliphatic rings. The quantitative estimate of drug-likeness (QED) is 0.736. The second-order valence-corrected chi connectivity index (χ2v) is 4.91.